The van der Waals surface area contributed by atoms with Crippen molar-refractivity contribution in [2.75, 3.05) is 12.1 Å². The molecule has 3 rings (SSSR count). The smallest absolute Gasteiger partial charge is 0.319 e. The molecule has 2 aromatic rings. The lowest BCUT2D eigenvalue weighted by molar-refractivity contribution is -0.137. The van der Waals surface area contributed by atoms with Crippen LogP contribution in [0.5, 0.6) is 11.5 Å². The van der Waals surface area contributed by atoms with Crippen LogP contribution in [0.1, 0.15) is 23.6 Å². The number of carbonyl (C=O) groups is 2. The van der Waals surface area contributed by atoms with Crippen molar-refractivity contribution in [2.24, 2.45) is 0 Å². The van der Waals surface area contributed by atoms with E-state index in [4.69, 9.17) is 19.8 Å². The first-order valence-electron chi connectivity index (χ1n) is 7.74. The van der Waals surface area contributed by atoms with E-state index in [9.17, 15) is 9.59 Å². The molecule has 1 heterocycles. The molecule has 1 aliphatic heterocycles. The third kappa shape index (κ3) is 4.02. The summed E-state index contributed by atoms with van der Waals surface area (Å²) in [6.45, 7) is 0.106. The van der Waals surface area contributed by atoms with Crippen LogP contribution >= 0.6 is 0 Å². The highest BCUT2D eigenvalue weighted by molar-refractivity contribution is 5.90. The molecular formula is C18H15N3O5. The lowest BCUT2D eigenvalue weighted by Gasteiger charge is -2.18. The zero-order valence-electron chi connectivity index (χ0n) is 13.6. The fourth-order valence-corrected chi connectivity index (χ4v) is 2.51. The van der Waals surface area contributed by atoms with Crippen LogP contribution in [0.3, 0.4) is 0 Å². The van der Waals surface area contributed by atoms with Crippen molar-refractivity contribution in [1.82, 2.24) is 5.32 Å². The van der Waals surface area contributed by atoms with Crippen LogP contribution in [0.4, 0.5) is 10.5 Å². The van der Waals surface area contributed by atoms with E-state index in [0.29, 0.717) is 28.3 Å². The van der Waals surface area contributed by atoms with Crippen LogP contribution in [0.2, 0.25) is 0 Å². The first kappa shape index (κ1) is 17.1. The molecule has 8 nitrogen and oxygen atoms in total. The van der Waals surface area contributed by atoms with Crippen LogP contribution in [0.25, 0.3) is 0 Å². The van der Waals surface area contributed by atoms with Gasteiger partial charge in [-0.15, -0.1) is 0 Å². The average Bonchev–Trinajstić information content (AvgIpc) is 3.09. The molecule has 0 bridgehead atoms. The SMILES string of the molecule is N#Cc1ccc(NC(=O)N[C@H](CC(=O)O)c2ccc3c(c2)OCO3)cc1. The molecule has 0 radical (unpaired) electrons. The first-order chi connectivity index (χ1) is 12.5. The van der Waals surface area contributed by atoms with E-state index < -0.39 is 18.0 Å². The Morgan fingerprint density at radius 2 is 1.88 bits per heavy atom. The van der Waals surface area contributed by atoms with Gasteiger partial charge in [0.15, 0.2) is 11.5 Å². The zero-order valence-corrected chi connectivity index (χ0v) is 13.6. The van der Waals surface area contributed by atoms with Gasteiger partial charge in [0.1, 0.15) is 0 Å². The molecule has 0 spiro atoms. The molecule has 3 N–H and O–H groups in total. The second kappa shape index (κ2) is 7.44. The summed E-state index contributed by atoms with van der Waals surface area (Å²) in [5.41, 5.74) is 1.55. The number of amides is 2. The highest BCUT2D eigenvalue weighted by Crippen LogP contribution is 2.34. The molecule has 0 saturated heterocycles. The van der Waals surface area contributed by atoms with E-state index in [1.807, 2.05) is 6.07 Å². The van der Waals surface area contributed by atoms with E-state index >= 15 is 0 Å². The lowest BCUT2D eigenvalue weighted by atomic mass is 10.0. The van der Waals surface area contributed by atoms with Gasteiger partial charge in [-0.25, -0.2) is 4.79 Å². The van der Waals surface area contributed by atoms with E-state index in [2.05, 4.69) is 10.6 Å². The number of hydrogen-bond acceptors (Lipinski definition) is 5. The number of nitrogens with zero attached hydrogens (tertiary/aromatic N) is 1. The van der Waals surface area contributed by atoms with Gasteiger partial charge in [-0.05, 0) is 42.0 Å². The molecule has 1 aliphatic rings. The Bertz CT molecular complexity index is 873. The van der Waals surface area contributed by atoms with Crippen molar-refractivity contribution in [3.63, 3.8) is 0 Å². The first-order valence-corrected chi connectivity index (χ1v) is 7.74. The number of aliphatic carboxylic acids is 1. The molecule has 2 amide bonds. The van der Waals surface area contributed by atoms with E-state index in [1.165, 1.54) is 0 Å². The van der Waals surface area contributed by atoms with Gasteiger partial charge in [0, 0.05) is 5.69 Å². The number of hydrogen-bond donors (Lipinski definition) is 3. The minimum Gasteiger partial charge on any atom is -0.481 e. The van der Waals surface area contributed by atoms with Crippen molar-refractivity contribution in [2.45, 2.75) is 12.5 Å². The lowest BCUT2D eigenvalue weighted by Crippen LogP contribution is -2.33. The summed E-state index contributed by atoms with van der Waals surface area (Å²) >= 11 is 0. The molecule has 0 fully saturated rings. The molecular weight excluding hydrogens is 338 g/mol. The topological polar surface area (TPSA) is 121 Å². The number of ether oxygens (including phenoxy) is 2. The number of nitriles is 1. The molecule has 0 saturated carbocycles. The molecule has 0 unspecified atom stereocenters. The van der Waals surface area contributed by atoms with Crippen LogP contribution in [-0.2, 0) is 4.79 Å². The molecule has 2 aromatic carbocycles. The highest BCUT2D eigenvalue weighted by atomic mass is 16.7. The maximum Gasteiger partial charge on any atom is 0.319 e. The summed E-state index contributed by atoms with van der Waals surface area (Å²) in [5, 5.41) is 23.2. The van der Waals surface area contributed by atoms with Crippen LogP contribution in [-0.4, -0.2) is 23.9 Å². The largest absolute Gasteiger partial charge is 0.481 e. The number of benzene rings is 2. The number of rotatable bonds is 5. The van der Waals surface area contributed by atoms with Gasteiger partial charge in [0.25, 0.3) is 0 Å². The van der Waals surface area contributed by atoms with Crippen molar-refractivity contribution < 1.29 is 24.2 Å². The molecule has 0 aliphatic carbocycles. The summed E-state index contributed by atoms with van der Waals surface area (Å²) in [6.07, 6.45) is -0.291. The van der Waals surface area contributed by atoms with Crippen molar-refractivity contribution in [1.29, 1.82) is 5.26 Å². The van der Waals surface area contributed by atoms with Crippen LogP contribution < -0.4 is 20.1 Å². The number of fused-ring (bicyclic) bond motifs is 1. The third-order valence-corrected chi connectivity index (χ3v) is 3.75. The summed E-state index contributed by atoms with van der Waals surface area (Å²) in [7, 11) is 0. The van der Waals surface area contributed by atoms with Gasteiger partial charge in [0.2, 0.25) is 6.79 Å². The summed E-state index contributed by atoms with van der Waals surface area (Å²) < 4.78 is 10.5. The highest BCUT2D eigenvalue weighted by Gasteiger charge is 2.22. The molecule has 132 valence electrons. The number of carboxylic acid groups (broad SMARTS) is 1. The van der Waals surface area contributed by atoms with Gasteiger partial charge in [-0.1, -0.05) is 6.07 Å². The number of carboxylic acids is 1. The second-order valence-corrected chi connectivity index (χ2v) is 5.55. The van der Waals surface area contributed by atoms with Gasteiger partial charge < -0.3 is 25.2 Å². The maximum absolute atomic E-state index is 12.2. The quantitative estimate of drug-likeness (QED) is 0.760. The minimum absolute atomic E-state index is 0.106. The standard InChI is InChI=1S/C18H15N3O5/c19-9-11-1-4-13(5-2-11)20-18(24)21-14(8-17(22)23)12-3-6-15-16(7-12)26-10-25-15/h1-7,14H,8,10H2,(H,22,23)(H2,20,21,24)/t14-/m1/s1. The fourth-order valence-electron chi connectivity index (χ4n) is 2.51. The Labute approximate surface area is 149 Å². The molecule has 1 atom stereocenters. The predicted octanol–water partition coefficient (Wildman–Crippen LogP) is 2.62. The predicted molar refractivity (Wildman–Crippen MR) is 90.9 cm³/mol. The Balaban J connectivity index is 1.72. The van der Waals surface area contributed by atoms with Gasteiger partial charge in [-0.2, -0.15) is 5.26 Å². The van der Waals surface area contributed by atoms with E-state index in [1.54, 1.807) is 42.5 Å². The monoisotopic (exact) mass is 353 g/mol. The third-order valence-electron chi connectivity index (χ3n) is 3.75. The number of urea groups is 1. The Hall–Kier alpha value is -3.73. The summed E-state index contributed by atoms with van der Waals surface area (Å²) in [6, 6.07) is 12.0. The van der Waals surface area contributed by atoms with Crippen molar-refractivity contribution >= 4 is 17.7 Å². The fraction of sp³-hybridized carbons (Fsp3) is 0.167. The number of carbonyl (C=O) groups excluding carboxylic acids is 1. The summed E-state index contributed by atoms with van der Waals surface area (Å²) in [4.78, 5) is 23.4. The van der Waals surface area contributed by atoms with Crippen LogP contribution in [0.15, 0.2) is 42.5 Å². The minimum atomic E-state index is -1.05. The zero-order chi connectivity index (χ0) is 18.5. The Morgan fingerprint density at radius 1 is 1.15 bits per heavy atom. The van der Waals surface area contributed by atoms with E-state index in [-0.39, 0.29) is 13.2 Å². The summed E-state index contributed by atoms with van der Waals surface area (Å²) in [5.74, 6) is 0.0309. The van der Waals surface area contributed by atoms with Crippen LogP contribution in [0, 0.1) is 11.3 Å². The van der Waals surface area contributed by atoms with Gasteiger partial charge >= 0.3 is 12.0 Å². The maximum atomic E-state index is 12.2. The van der Waals surface area contributed by atoms with Gasteiger partial charge in [-0.3, -0.25) is 4.79 Å². The van der Waals surface area contributed by atoms with Gasteiger partial charge in [0.05, 0.1) is 24.1 Å². The second-order valence-electron chi connectivity index (χ2n) is 5.55. The number of nitrogens with one attached hydrogen (secondary N) is 2. The normalized spacial score (nSPS) is 12.7. The molecule has 0 aromatic heterocycles. The Morgan fingerprint density at radius 3 is 2.58 bits per heavy atom. The van der Waals surface area contributed by atoms with Crippen molar-refractivity contribution in [3.8, 4) is 17.6 Å². The molecule has 8 heteroatoms. The van der Waals surface area contributed by atoms with E-state index in [0.717, 1.165) is 0 Å². The van der Waals surface area contributed by atoms with Crippen molar-refractivity contribution in [3.05, 3.63) is 53.6 Å². The number of anilines is 1. The Kier molecular flexibility index (Phi) is 4.90. The molecule has 26 heavy (non-hydrogen) atoms. The average molecular weight is 353 g/mol.